The van der Waals surface area contributed by atoms with Crippen molar-refractivity contribution in [2.75, 3.05) is 0 Å². The second-order valence-electron chi connectivity index (χ2n) is 6.18. The van der Waals surface area contributed by atoms with Gasteiger partial charge in [-0.1, -0.05) is 6.07 Å². The van der Waals surface area contributed by atoms with E-state index in [1.807, 2.05) is 13.1 Å². The quantitative estimate of drug-likeness (QED) is 0.852. The number of aryl methyl sites for hydroxylation is 1. The number of hydrogen-bond acceptors (Lipinski definition) is 3. The monoisotopic (exact) mass is 301 g/mol. The smallest absolute Gasteiger partial charge is 0.130 e. The molecule has 0 unspecified atom stereocenters. The van der Waals surface area contributed by atoms with Gasteiger partial charge < -0.3 is 0 Å². The van der Waals surface area contributed by atoms with E-state index >= 15 is 0 Å². The first-order valence-electron chi connectivity index (χ1n) is 7.64. The van der Waals surface area contributed by atoms with Crippen LogP contribution in [0.25, 0.3) is 0 Å². The van der Waals surface area contributed by atoms with Gasteiger partial charge in [-0.3, -0.25) is 4.90 Å². The van der Waals surface area contributed by atoms with Crippen molar-refractivity contribution < 1.29 is 8.78 Å². The van der Waals surface area contributed by atoms with Crippen molar-refractivity contribution in [3.63, 3.8) is 0 Å². The van der Waals surface area contributed by atoms with Crippen LogP contribution < -0.4 is 0 Å². The van der Waals surface area contributed by atoms with Crippen LogP contribution in [0.15, 0.2) is 24.4 Å². The van der Waals surface area contributed by atoms with E-state index in [2.05, 4.69) is 14.9 Å². The zero-order valence-electron chi connectivity index (χ0n) is 12.4. The van der Waals surface area contributed by atoms with Gasteiger partial charge in [0.2, 0.25) is 0 Å². The van der Waals surface area contributed by atoms with E-state index in [0.29, 0.717) is 18.2 Å². The highest BCUT2D eigenvalue weighted by Crippen LogP contribution is 2.43. The predicted molar refractivity (Wildman–Crippen MR) is 78.1 cm³/mol. The van der Waals surface area contributed by atoms with Crippen LogP contribution in [0, 0.1) is 18.6 Å². The molecule has 4 rings (SSSR count). The zero-order chi connectivity index (χ0) is 15.3. The highest BCUT2D eigenvalue weighted by atomic mass is 19.1. The van der Waals surface area contributed by atoms with Crippen molar-refractivity contribution in [1.29, 1.82) is 0 Å². The van der Waals surface area contributed by atoms with E-state index in [1.165, 1.54) is 11.6 Å². The van der Waals surface area contributed by atoms with Gasteiger partial charge in [0.05, 0.1) is 5.69 Å². The number of hydrogen-bond donors (Lipinski definition) is 0. The lowest BCUT2D eigenvalue weighted by Crippen LogP contribution is -2.37. The molecule has 0 aliphatic carbocycles. The molecule has 2 atom stereocenters. The Morgan fingerprint density at radius 2 is 2.14 bits per heavy atom. The van der Waals surface area contributed by atoms with Crippen molar-refractivity contribution in [2.24, 2.45) is 0 Å². The topological polar surface area (TPSA) is 29.0 Å². The molecule has 0 spiro atoms. The van der Waals surface area contributed by atoms with Crippen LogP contribution >= 0.6 is 0 Å². The summed E-state index contributed by atoms with van der Waals surface area (Å²) in [6.07, 6.45) is 4.94. The lowest BCUT2D eigenvalue weighted by molar-refractivity contribution is 0.164. The van der Waals surface area contributed by atoms with E-state index in [-0.39, 0.29) is 6.04 Å². The minimum Gasteiger partial charge on any atom is -0.289 e. The first-order chi connectivity index (χ1) is 10.6. The van der Waals surface area contributed by atoms with Gasteiger partial charge in [-0.25, -0.2) is 18.7 Å². The highest BCUT2D eigenvalue weighted by molar-refractivity contribution is 5.29. The maximum atomic E-state index is 13.9. The van der Waals surface area contributed by atoms with E-state index in [0.717, 1.165) is 36.8 Å². The Hall–Kier alpha value is -1.88. The standard InChI is InChI=1S/C17H17F2N3/c1-10-20-8-14-16(21-10)7-13-4-5-17(14)22(13)9-11-2-3-12(18)6-15(11)19/h2-3,6,8,13,17H,4-5,7,9H2,1H3/t13-,17-/m1/s1. The maximum absolute atomic E-state index is 13.9. The van der Waals surface area contributed by atoms with Crippen molar-refractivity contribution >= 4 is 0 Å². The minimum atomic E-state index is -0.530. The van der Waals surface area contributed by atoms with E-state index in [4.69, 9.17) is 0 Å². The molecule has 3 heterocycles. The molecule has 0 saturated carbocycles. The van der Waals surface area contributed by atoms with Gasteiger partial charge in [0.25, 0.3) is 0 Å². The van der Waals surface area contributed by atoms with Crippen LogP contribution in [0.2, 0.25) is 0 Å². The molecular weight excluding hydrogens is 284 g/mol. The fourth-order valence-corrected chi connectivity index (χ4v) is 3.77. The number of rotatable bonds is 2. The molecule has 1 aromatic heterocycles. The highest BCUT2D eigenvalue weighted by Gasteiger charge is 2.40. The molecule has 0 N–H and O–H groups in total. The Kier molecular flexibility index (Phi) is 3.18. The molecule has 1 aromatic carbocycles. The Balaban J connectivity index is 1.65. The van der Waals surface area contributed by atoms with Crippen LogP contribution in [0.5, 0.6) is 0 Å². The van der Waals surface area contributed by atoms with Gasteiger partial charge in [-0.05, 0) is 25.8 Å². The first-order valence-corrected chi connectivity index (χ1v) is 7.64. The summed E-state index contributed by atoms with van der Waals surface area (Å²) in [7, 11) is 0. The van der Waals surface area contributed by atoms with Crippen LogP contribution in [0.1, 0.15) is 41.5 Å². The third-order valence-electron chi connectivity index (χ3n) is 4.82. The lowest BCUT2D eigenvalue weighted by Gasteiger charge is -2.35. The van der Waals surface area contributed by atoms with Crippen molar-refractivity contribution in [3.8, 4) is 0 Å². The third kappa shape index (κ3) is 2.20. The summed E-state index contributed by atoms with van der Waals surface area (Å²) in [6.45, 7) is 2.41. The molecule has 114 valence electrons. The zero-order valence-corrected chi connectivity index (χ0v) is 12.4. The molecule has 0 amide bonds. The van der Waals surface area contributed by atoms with Gasteiger partial charge in [-0.15, -0.1) is 0 Å². The largest absolute Gasteiger partial charge is 0.289 e. The second-order valence-corrected chi connectivity index (χ2v) is 6.18. The average Bonchev–Trinajstić information content (AvgIpc) is 2.75. The van der Waals surface area contributed by atoms with E-state index in [9.17, 15) is 8.78 Å². The molecule has 5 heteroatoms. The van der Waals surface area contributed by atoms with E-state index < -0.39 is 11.6 Å². The molecule has 2 aliphatic heterocycles. The van der Waals surface area contributed by atoms with Crippen molar-refractivity contribution in [2.45, 2.75) is 44.8 Å². The molecule has 2 aromatic rings. The molecule has 0 radical (unpaired) electrons. The molecule has 3 nitrogen and oxygen atoms in total. The summed E-state index contributed by atoms with van der Waals surface area (Å²) < 4.78 is 27.0. The minimum absolute atomic E-state index is 0.249. The number of halogens is 2. The summed E-state index contributed by atoms with van der Waals surface area (Å²) in [4.78, 5) is 11.2. The Bertz CT molecular complexity index is 732. The number of benzene rings is 1. The van der Waals surface area contributed by atoms with Crippen molar-refractivity contribution in [3.05, 3.63) is 58.7 Å². The van der Waals surface area contributed by atoms with Crippen molar-refractivity contribution in [1.82, 2.24) is 14.9 Å². The summed E-state index contributed by atoms with van der Waals surface area (Å²) >= 11 is 0. The first kappa shape index (κ1) is 13.8. The Morgan fingerprint density at radius 1 is 1.27 bits per heavy atom. The van der Waals surface area contributed by atoms with Gasteiger partial charge in [-0.2, -0.15) is 0 Å². The normalized spacial score (nSPS) is 23.6. The van der Waals surface area contributed by atoms with Gasteiger partial charge in [0.15, 0.2) is 0 Å². The molecule has 1 fully saturated rings. The van der Waals surface area contributed by atoms with Gasteiger partial charge in [0.1, 0.15) is 17.5 Å². The van der Waals surface area contributed by atoms with Gasteiger partial charge >= 0.3 is 0 Å². The fourth-order valence-electron chi connectivity index (χ4n) is 3.77. The second kappa shape index (κ2) is 5.09. The average molecular weight is 301 g/mol. The van der Waals surface area contributed by atoms with E-state index in [1.54, 1.807) is 6.07 Å². The molecule has 1 saturated heterocycles. The maximum Gasteiger partial charge on any atom is 0.130 e. The SMILES string of the molecule is Cc1ncc2c(n1)C[C@H]1CC[C@H]2N1Cc1ccc(F)cc1F. The van der Waals surface area contributed by atoms with Crippen LogP contribution in [0.3, 0.4) is 0 Å². The van der Waals surface area contributed by atoms with Crippen LogP contribution in [-0.4, -0.2) is 20.9 Å². The lowest BCUT2D eigenvalue weighted by atomic mass is 9.98. The summed E-state index contributed by atoms with van der Waals surface area (Å²) in [5.74, 6) is -0.196. The fraction of sp³-hybridized carbons (Fsp3) is 0.412. The summed E-state index contributed by atoms with van der Waals surface area (Å²) in [5, 5.41) is 0. The number of nitrogens with zero attached hydrogens (tertiary/aromatic N) is 3. The Labute approximate surface area is 128 Å². The summed E-state index contributed by atoms with van der Waals surface area (Å²) in [6, 6.07) is 4.47. The third-order valence-corrected chi connectivity index (χ3v) is 4.82. The van der Waals surface area contributed by atoms with Crippen LogP contribution in [0.4, 0.5) is 8.78 Å². The molecule has 2 bridgehead atoms. The molecular formula is C17H17F2N3. The summed E-state index contributed by atoms with van der Waals surface area (Å²) in [5.41, 5.74) is 2.85. The predicted octanol–water partition coefficient (Wildman–Crippen LogP) is 3.33. The van der Waals surface area contributed by atoms with Crippen LogP contribution in [-0.2, 0) is 13.0 Å². The number of aromatic nitrogens is 2. The Morgan fingerprint density at radius 3 is 2.95 bits per heavy atom. The molecule has 22 heavy (non-hydrogen) atoms. The number of fused-ring (bicyclic) bond motifs is 4. The van der Waals surface area contributed by atoms with Gasteiger partial charge in [0, 0.05) is 48.4 Å². The molecule has 2 aliphatic rings.